The highest BCUT2D eigenvalue weighted by Gasteiger charge is 2.26. The molecule has 3 aromatic carbocycles. The molecule has 0 radical (unpaired) electrons. The summed E-state index contributed by atoms with van der Waals surface area (Å²) >= 11 is 23.9. The van der Waals surface area contributed by atoms with E-state index in [0.29, 0.717) is 26.3 Å². The van der Waals surface area contributed by atoms with Crippen molar-refractivity contribution in [3.63, 3.8) is 0 Å². The van der Waals surface area contributed by atoms with Gasteiger partial charge in [0, 0.05) is 27.7 Å². The Labute approximate surface area is 200 Å². The smallest absolute Gasteiger partial charge is 0.338 e. The topological polar surface area (TPSA) is 63.7 Å². The van der Waals surface area contributed by atoms with Gasteiger partial charge in [-0.1, -0.05) is 52.5 Å². The van der Waals surface area contributed by atoms with E-state index >= 15 is 0 Å². The van der Waals surface area contributed by atoms with E-state index < -0.39 is 16.0 Å². The maximum absolute atomic E-state index is 13.1. The van der Waals surface area contributed by atoms with Crippen LogP contribution in [-0.4, -0.2) is 21.4 Å². The van der Waals surface area contributed by atoms with Gasteiger partial charge in [-0.3, -0.25) is 4.31 Å². The number of rotatable bonds is 6. The second-order valence-corrected chi connectivity index (χ2v) is 10.0. The second-order valence-electron chi connectivity index (χ2n) is 6.41. The minimum Gasteiger partial charge on any atom is -0.457 e. The number of halogens is 4. The summed E-state index contributed by atoms with van der Waals surface area (Å²) in [4.78, 5) is 12.3. The first-order chi connectivity index (χ1) is 14.6. The Kier molecular flexibility index (Phi) is 7.39. The maximum Gasteiger partial charge on any atom is 0.338 e. The van der Waals surface area contributed by atoms with Crippen LogP contribution in [0.3, 0.4) is 0 Å². The fourth-order valence-electron chi connectivity index (χ4n) is 2.63. The summed E-state index contributed by atoms with van der Waals surface area (Å²) in [6.07, 6.45) is 0. The zero-order valence-corrected chi connectivity index (χ0v) is 19.8. The van der Waals surface area contributed by atoms with Gasteiger partial charge in [0.15, 0.2) is 0 Å². The Balaban J connectivity index is 1.84. The number of hydrogen-bond acceptors (Lipinski definition) is 4. The molecule has 0 spiro atoms. The minimum absolute atomic E-state index is 0.0255. The van der Waals surface area contributed by atoms with Crippen LogP contribution >= 0.6 is 46.4 Å². The van der Waals surface area contributed by atoms with E-state index in [4.69, 9.17) is 51.1 Å². The monoisotopic (exact) mass is 517 g/mol. The van der Waals surface area contributed by atoms with Crippen molar-refractivity contribution in [3.05, 3.63) is 91.9 Å². The molecule has 3 rings (SSSR count). The van der Waals surface area contributed by atoms with E-state index in [0.717, 1.165) is 4.31 Å². The number of sulfonamides is 1. The standard InChI is InChI=1S/C21H15Cl4NO4S/c1-26(17-7-5-15(22)6-8-17)31(28,29)20-10-13(3-9-18(20)24)21(27)30-12-14-2-4-16(23)11-19(14)25/h2-11H,12H2,1H3. The predicted octanol–water partition coefficient (Wildman–Crippen LogP) is 6.48. The fraction of sp³-hybridized carbons (Fsp3) is 0.0952. The molecule has 0 aromatic heterocycles. The molecule has 0 heterocycles. The van der Waals surface area contributed by atoms with Crippen LogP contribution < -0.4 is 4.31 Å². The average Bonchev–Trinajstić information content (AvgIpc) is 2.73. The number of anilines is 1. The lowest BCUT2D eigenvalue weighted by Gasteiger charge is -2.20. The van der Waals surface area contributed by atoms with Gasteiger partial charge >= 0.3 is 5.97 Å². The van der Waals surface area contributed by atoms with Gasteiger partial charge in [0.2, 0.25) is 0 Å². The van der Waals surface area contributed by atoms with Gasteiger partial charge in [-0.15, -0.1) is 0 Å². The molecule has 0 unspecified atom stereocenters. The Morgan fingerprint density at radius 1 is 0.871 bits per heavy atom. The third kappa shape index (κ3) is 5.45. The first-order valence-electron chi connectivity index (χ1n) is 8.74. The Bertz CT molecular complexity index is 1230. The second kappa shape index (κ2) is 9.67. The van der Waals surface area contributed by atoms with Crippen molar-refractivity contribution in [1.29, 1.82) is 0 Å². The van der Waals surface area contributed by atoms with Crippen LogP contribution in [0.4, 0.5) is 5.69 Å². The fourth-order valence-corrected chi connectivity index (χ4v) is 4.91. The van der Waals surface area contributed by atoms with E-state index in [2.05, 4.69) is 0 Å². The lowest BCUT2D eigenvalue weighted by atomic mass is 10.2. The zero-order chi connectivity index (χ0) is 22.8. The molecule has 0 aliphatic heterocycles. The van der Waals surface area contributed by atoms with Crippen LogP contribution in [0.2, 0.25) is 20.1 Å². The minimum atomic E-state index is -4.06. The molecule has 0 aliphatic carbocycles. The number of esters is 1. The first-order valence-corrected chi connectivity index (χ1v) is 11.7. The number of ether oxygens (including phenoxy) is 1. The van der Waals surface area contributed by atoms with E-state index in [9.17, 15) is 13.2 Å². The SMILES string of the molecule is CN(c1ccc(Cl)cc1)S(=O)(=O)c1cc(C(=O)OCc2ccc(Cl)cc2Cl)ccc1Cl. The number of carbonyl (C=O) groups excluding carboxylic acids is 1. The molecule has 0 aliphatic rings. The highest BCUT2D eigenvalue weighted by atomic mass is 35.5. The molecule has 0 bridgehead atoms. The molecule has 10 heteroatoms. The van der Waals surface area contributed by atoms with Gasteiger partial charge in [-0.25, -0.2) is 13.2 Å². The number of carbonyl (C=O) groups is 1. The molecule has 0 saturated carbocycles. The van der Waals surface area contributed by atoms with Crippen molar-refractivity contribution in [3.8, 4) is 0 Å². The van der Waals surface area contributed by atoms with Crippen LogP contribution in [0.5, 0.6) is 0 Å². The number of nitrogens with zero attached hydrogens (tertiary/aromatic N) is 1. The summed E-state index contributed by atoms with van der Waals surface area (Å²) in [5, 5.41) is 1.25. The van der Waals surface area contributed by atoms with Crippen LogP contribution in [0.15, 0.2) is 65.6 Å². The average molecular weight is 519 g/mol. The number of hydrogen-bond donors (Lipinski definition) is 0. The van der Waals surface area contributed by atoms with Crippen molar-refractivity contribution in [2.75, 3.05) is 11.4 Å². The maximum atomic E-state index is 13.1. The van der Waals surface area contributed by atoms with Crippen LogP contribution in [0.25, 0.3) is 0 Å². The molecule has 3 aromatic rings. The summed E-state index contributed by atoms with van der Waals surface area (Å²) < 4.78 is 32.5. The lowest BCUT2D eigenvalue weighted by molar-refractivity contribution is 0.0472. The Hall–Kier alpha value is -1.96. The summed E-state index contributed by atoms with van der Waals surface area (Å²) in [5.41, 5.74) is 0.965. The molecular formula is C21H15Cl4NO4S. The third-order valence-corrected chi connectivity index (χ3v) is 7.48. The Morgan fingerprint density at radius 2 is 1.52 bits per heavy atom. The number of benzene rings is 3. The lowest BCUT2D eigenvalue weighted by Crippen LogP contribution is -2.27. The van der Waals surface area contributed by atoms with E-state index in [1.807, 2.05) is 0 Å². The molecule has 0 N–H and O–H groups in total. The van der Waals surface area contributed by atoms with Gasteiger partial charge in [0.25, 0.3) is 10.0 Å². The first kappa shape index (κ1) is 23.7. The normalized spacial score (nSPS) is 11.3. The van der Waals surface area contributed by atoms with Gasteiger partial charge in [0.1, 0.15) is 11.5 Å². The van der Waals surface area contributed by atoms with E-state index in [1.54, 1.807) is 36.4 Å². The van der Waals surface area contributed by atoms with Gasteiger partial charge in [-0.2, -0.15) is 0 Å². The molecule has 31 heavy (non-hydrogen) atoms. The molecule has 0 amide bonds. The Morgan fingerprint density at radius 3 is 2.16 bits per heavy atom. The van der Waals surface area contributed by atoms with Crippen molar-refractivity contribution in [1.82, 2.24) is 0 Å². The van der Waals surface area contributed by atoms with Gasteiger partial charge < -0.3 is 4.74 Å². The zero-order valence-electron chi connectivity index (χ0n) is 16.0. The summed E-state index contributed by atoms with van der Waals surface area (Å²) in [5.74, 6) is -0.728. The third-order valence-electron chi connectivity index (χ3n) is 4.37. The summed E-state index contributed by atoms with van der Waals surface area (Å²) in [6.45, 7) is -0.107. The van der Waals surface area contributed by atoms with Gasteiger partial charge in [-0.05, 0) is 54.6 Å². The van der Waals surface area contributed by atoms with E-state index in [1.165, 1.54) is 31.3 Å². The van der Waals surface area contributed by atoms with E-state index in [-0.39, 0.29) is 22.1 Å². The molecule has 0 saturated heterocycles. The van der Waals surface area contributed by atoms with Gasteiger partial charge in [0.05, 0.1) is 16.3 Å². The van der Waals surface area contributed by atoms with Crippen LogP contribution in [0, 0.1) is 0 Å². The molecule has 0 fully saturated rings. The van der Waals surface area contributed by atoms with Crippen molar-refractivity contribution < 1.29 is 17.9 Å². The summed E-state index contributed by atoms with van der Waals surface area (Å²) in [7, 11) is -2.68. The summed E-state index contributed by atoms with van der Waals surface area (Å²) in [6, 6.07) is 14.9. The molecule has 5 nitrogen and oxygen atoms in total. The predicted molar refractivity (Wildman–Crippen MR) is 124 cm³/mol. The van der Waals surface area contributed by atoms with Crippen molar-refractivity contribution >= 4 is 68.1 Å². The van der Waals surface area contributed by atoms with Crippen LogP contribution in [-0.2, 0) is 21.4 Å². The quantitative estimate of drug-likeness (QED) is 0.350. The van der Waals surface area contributed by atoms with Crippen LogP contribution in [0.1, 0.15) is 15.9 Å². The highest BCUT2D eigenvalue weighted by Crippen LogP contribution is 2.29. The molecule has 162 valence electrons. The van der Waals surface area contributed by atoms with Crippen molar-refractivity contribution in [2.45, 2.75) is 11.5 Å². The highest BCUT2D eigenvalue weighted by molar-refractivity contribution is 7.93. The molecular weight excluding hydrogens is 504 g/mol. The largest absolute Gasteiger partial charge is 0.457 e. The molecule has 0 atom stereocenters. The van der Waals surface area contributed by atoms with Crippen molar-refractivity contribution in [2.24, 2.45) is 0 Å².